The summed E-state index contributed by atoms with van der Waals surface area (Å²) in [5.74, 6) is 0.890. The summed E-state index contributed by atoms with van der Waals surface area (Å²) in [5, 5.41) is 9.14. The van der Waals surface area contributed by atoms with Crippen molar-refractivity contribution in [2.75, 3.05) is 7.11 Å². The second-order valence-electron chi connectivity index (χ2n) is 11.6. The number of nitrogens with zero attached hydrogens (tertiary/aromatic N) is 2. The molecule has 3 heterocycles. The number of hydrogen-bond donors (Lipinski definition) is 0. The molecular weight excluding hydrogens is 440 g/mol. The van der Waals surface area contributed by atoms with Gasteiger partial charge >= 0.3 is 0 Å². The molecule has 7 rings (SSSR count). The maximum absolute atomic E-state index is 5.69. The van der Waals surface area contributed by atoms with Gasteiger partial charge in [0.1, 0.15) is 12.8 Å². The van der Waals surface area contributed by atoms with E-state index in [2.05, 4.69) is 111 Å². The number of pyridine rings is 2. The molecule has 0 bridgehead atoms. The lowest BCUT2D eigenvalue weighted by molar-refractivity contribution is -0.643. The highest BCUT2D eigenvalue weighted by Gasteiger charge is 2.27. The van der Waals surface area contributed by atoms with E-state index in [4.69, 9.17) is 4.74 Å². The summed E-state index contributed by atoms with van der Waals surface area (Å²) in [6, 6.07) is 22.5. The molecule has 0 aliphatic heterocycles. The summed E-state index contributed by atoms with van der Waals surface area (Å²) >= 11 is 0. The van der Waals surface area contributed by atoms with Crippen LogP contribution in [0.15, 0.2) is 66.9 Å². The lowest BCUT2D eigenvalue weighted by Crippen LogP contribution is -2.29. The molecule has 3 heteroatoms. The predicted octanol–water partition coefficient (Wildman–Crippen LogP) is 7.87. The number of rotatable bonds is 2. The third kappa shape index (κ3) is 2.77. The van der Waals surface area contributed by atoms with Gasteiger partial charge in [0.25, 0.3) is 0 Å². The molecule has 36 heavy (non-hydrogen) atoms. The standard InChI is InChI=1S/C33H31N2O/c1-19-23-9-7-8-10-24(23)30-25-17-22(36-6)11-12-26(25)35-27-16-20(18-33(2,3)4)15-21-13-14-34(5)31(29(21)27)28(19)32(30)35/h7-17H,18H2,1-6H3/q+1. The van der Waals surface area contributed by atoms with Crippen molar-refractivity contribution in [2.45, 2.75) is 34.1 Å². The van der Waals surface area contributed by atoms with Gasteiger partial charge in [0, 0.05) is 16.8 Å². The van der Waals surface area contributed by atoms with Crippen molar-refractivity contribution in [3.63, 3.8) is 0 Å². The monoisotopic (exact) mass is 471 g/mol. The quantitative estimate of drug-likeness (QED) is 0.142. The van der Waals surface area contributed by atoms with Crippen molar-refractivity contribution < 1.29 is 9.30 Å². The molecule has 0 N–H and O–H groups in total. The minimum absolute atomic E-state index is 0.212. The molecule has 0 saturated carbocycles. The van der Waals surface area contributed by atoms with E-state index in [0.29, 0.717) is 0 Å². The summed E-state index contributed by atoms with van der Waals surface area (Å²) in [6.45, 7) is 9.25. The number of aryl methyl sites for hydroxylation is 2. The first-order valence-corrected chi connectivity index (χ1v) is 12.8. The molecule has 0 saturated heterocycles. The summed E-state index contributed by atoms with van der Waals surface area (Å²) in [7, 11) is 3.94. The number of benzene rings is 4. The molecule has 0 atom stereocenters. The van der Waals surface area contributed by atoms with Gasteiger partial charge in [-0.2, -0.15) is 0 Å². The molecule has 7 aromatic rings. The number of hydrogen-bond acceptors (Lipinski definition) is 1. The molecule has 178 valence electrons. The maximum Gasteiger partial charge on any atom is 0.224 e. The van der Waals surface area contributed by atoms with Gasteiger partial charge in [-0.05, 0) is 70.3 Å². The number of methoxy groups -OCH3 is 1. The van der Waals surface area contributed by atoms with Crippen LogP contribution in [-0.2, 0) is 13.5 Å². The van der Waals surface area contributed by atoms with Crippen LogP contribution in [0.25, 0.3) is 59.8 Å². The van der Waals surface area contributed by atoms with E-state index in [9.17, 15) is 0 Å². The SMILES string of the molecule is COc1ccc2c(c1)c1c3ccccc3c(C)c3c1n2c1cc(CC(C)(C)C)cc2cc[n+](C)c3c21. The van der Waals surface area contributed by atoms with E-state index in [-0.39, 0.29) is 5.41 Å². The molecule has 0 aliphatic rings. The Hall–Kier alpha value is -3.85. The highest BCUT2D eigenvalue weighted by atomic mass is 16.5. The van der Waals surface area contributed by atoms with E-state index in [0.717, 1.165) is 12.2 Å². The van der Waals surface area contributed by atoms with Crippen LogP contribution in [0.2, 0.25) is 0 Å². The van der Waals surface area contributed by atoms with Crippen molar-refractivity contribution in [3.8, 4) is 5.75 Å². The summed E-state index contributed by atoms with van der Waals surface area (Å²) < 4.78 is 10.5. The average molecular weight is 472 g/mol. The molecule has 0 amide bonds. The zero-order chi connectivity index (χ0) is 24.9. The Morgan fingerprint density at radius 1 is 0.833 bits per heavy atom. The topological polar surface area (TPSA) is 17.5 Å². The molecule has 3 nitrogen and oxygen atoms in total. The molecule has 0 aliphatic carbocycles. The van der Waals surface area contributed by atoms with Crippen LogP contribution in [0, 0.1) is 12.3 Å². The highest BCUT2D eigenvalue weighted by molar-refractivity contribution is 6.33. The van der Waals surface area contributed by atoms with Gasteiger partial charge in [0.05, 0.1) is 34.4 Å². The van der Waals surface area contributed by atoms with Gasteiger partial charge in [-0.25, -0.2) is 4.57 Å². The molecule has 4 aromatic carbocycles. The highest BCUT2D eigenvalue weighted by Crippen LogP contribution is 2.45. The molecule has 0 fully saturated rings. The second kappa shape index (κ2) is 7.10. The first-order valence-electron chi connectivity index (χ1n) is 12.8. The fraction of sp³-hybridized carbons (Fsp3) is 0.242. The molecule has 0 unspecified atom stereocenters. The van der Waals surface area contributed by atoms with Gasteiger partial charge in [-0.3, -0.25) is 0 Å². The Labute approximate surface area is 210 Å². The van der Waals surface area contributed by atoms with Crippen LogP contribution >= 0.6 is 0 Å². The van der Waals surface area contributed by atoms with Crippen LogP contribution in [0.3, 0.4) is 0 Å². The first kappa shape index (κ1) is 21.4. The minimum Gasteiger partial charge on any atom is -0.497 e. The van der Waals surface area contributed by atoms with Crippen molar-refractivity contribution in [3.05, 3.63) is 78.0 Å². The van der Waals surface area contributed by atoms with E-state index < -0.39 is 0 Å². The Bertz CT molecular complexity index is 2000. The van der Waals surface area contributed by atoms with Crippen LogP contribution in [-0.4, -0.2) is 11.5 Å². The molecule has 3 aromatic heterocycles. The van der Waals surface area contributed by atoms with Gasteiger partial charge in [0.15, 0.2) is 6.20 Å². The Balaban J connectivity index is 1.87. The Morgan fingerprint density at radius 2 is 1.61 bits per heavy atom. The number of fused-ring (bicyclic) bond motifs is 7. The third-order valence-corrected chi connectivity index (χ3v) is 7.87. The van der Waals surface area contributed by atoms with E-state index in [1.54, 1.807) is 7.11 Å². The molecule has 0 radical (unpaired) electrons. The maximum atomic E-state index is 5.69. The summed E-state index contributed by atoms with van der Waals surface area (Å²) in [5.41, 5.74) is 8.05. The van der Waals surface area contributed by atoms with Crippen LogP contribution < -0.4 is 9.30 Å². The first-order chi connectivity index (χ1) is 17.3. The van der Waals surface area contributed by atoms with Crippen LogP contribution in [0.5, 0.6) is 5.75 Å². The van der Waals surface area contributed by atoms with Crippen LogP contribution in [0.1, 0.15) is 31.9 Å². The number of aromatic nitrogens is 2. The van der Waals surface area contributed by atoms with Crippen molar-refractivity contribution >= 4 is 59.8 Å². The van der Waals surface area contributed by atoms with E-state index in [1.165, 1.54) is 70.9 Å². The third-order valence-electron chi connectivity index (χ3n) is 7.87. The van der Waals surface area contributed by atoms with Crippen molar-refractivity contribution in [2.24, 2.45) is 12.5 Å². The van der Waals surface area contributed by atoms with Gasteiger partial charge in [-0.1, -0.05) is 51.1 Å². The minimum atomic E-state index is 0.212. The molecule has 0 spiro atoms. The van der Waals surface area contributed by atoms with E-state index in [1.807, 2.05) is 0 Å². The number of ether oxygens (including phenoxy) is 1. The summed E-state index contributed by atoms with van der Waals surface area (Å²) in [6.07, 6.45) is 3.26. The largest absolute Gasteiger partial charge is 0.497 e. The summed E-state index contributed by atoms with van der Waals surface area (Å²) in [4.78, 5) is 0. The van der Waals surface area contributed by atoms with Gasteiger partial charge in [0.2, 0.25) is 5.52 Å². The normalized spacial score (nSPS) is 12.8. The average Bonchev–Trinajstić information content (AvgIpc) is 3.18. The lowest BCUT2D eigenvalue weighted by atomic mass is 9.87. The molecular formula is C33H31N2O+. The van der Waals surface area contributed by atoms with Gasteiger partial charge in [-0.15, -0.1) is 0 Å². The lowest BCUT2D eigenvalue weighted by Gasteiger charge is -2.20. The zero-order valence-electron chi connectivity index (χ0n) is 21.9. The van der Waals surface area contributed by atoms with Crippen molar-refractivity contribution in [1.29, 1.82) is 0 Å². The van der Waals surface area contributed by atoms with Crippen molar-refractivity contribution in [1.82, 2.24) is 4.40 Å². The predicted molar refractivity (Wildman–Crippen MR) is 152 cm³/mol. The second-order valence-corrected chi connectivity index (χ2v) is 11.6. The van der Waals surface area contributed by atoms with Gasteiger partial charge < -0.3 is 9.14 Å². The fourth-order valence-electron chi connectivity index (χ4n) is 6.52. The van der Waals surface area contributed by atoms with E-state index >= 15 is 0 Å². The van der Waals surface area contributed by atoms with Crippen LogP contribution in [0.4, 0.5) is 0 Å². The Kier molecular flexibility index (Phi) is 4.23. The Morgan fingerprint density at radius 3 is 2.36 bits per heavy atom. The fourth-order valence-corrected chi connectivity index (χ4v) is 6.52. The smallest absolute Gasteiger partial charge is 0.224 e. The zero-order valence-corrected chi connectivity index (χ0v) is 21.9.